The number of carbonyl (C=O) groups is 3. The van der Waals surface area contributed by atoms with Crippen LogP contribution in [0, 0.1) is 0 Å². The zero-order valence-corrected chi connectivity index (χ0v) is 38.1. The molecule has 332 valence electrons. The van der Waals surface area contributed by atoms with E-state index < -0.39 is 48.8 Å². The average molecular weight is 881 g/mol. The van der Waals surface area contributed by atoms with Gasteiger partial charge in [0.2, 0.25) is 5.69 Å². The molecule has 0 radical (unpaired) electrons. The predicted molar refractivity (Wildman–Crippen MR) is 234 cm³/mol. The van der Waals surface area contributed by atoms with Gasteiger partial charge < -0.3 is 19.2 Å². The van der Waals surface area contributed by atoms with Gasteiger partial charge in [-0.1, -0.05) is 65.0 Å². The molecule has 3 aliphatic heterocycles. The molecular formula is C45H60N4O10S2. The number of benzene rings is 2. The monoisotopic (exact) mass is 880 g/mol. The molecule has 1 saturated heterocycles. The van der Waals surface area contributed by atoms with Crippen LogP contribution >= 0.6 is 0 Å². The molecule has 3 aliphatic rings. The lowest BCUT2D eigenvalue weighted by Gasteiger charge is -2.25. The van der Waals surface area contributed by atoms with Crippen LogP contribution in [-0.2, 0) is 50.3 Å². The minimum Gasteiger partial charge on any atom is -0.744 e. The van der Waals surface area contributed by atoms with Crippen molar-refractivity contribution >= 4 is 55.1 Å². The van der Waals surface area contributed by atoms with Crippen molar-refractivity contribution in [1.82, 2.24) is 9.96 Å². The van der Waals surface area contributed by atoms with Crippen LogP contribution in [0.1, 0.15) is 105 Å². The molecule has 0 atom stereocenters. The minimum absolute atomic E-state index is 0.0282. The zero-order chi connectivity index (χ0) is 45.3. The van der Waals surface area contributed by atoms with E-state index in [1.807, 2.05) is 77.2 Å². The van der Waals surface area contributed by atoms with E-state index in [1.165, 1.54) is 43.9 Å². The quantitative estimate of drug-likeness (QED) is 0.0560. The Balaban J connectivity index is 0.00000107. The van der Waals surface area contributed by atoms with Crippen LogP contribution in [0.4, 0.5) is 11.4 Å². The van der Waals surface area contributed by atoms with E-state index in [-0.39, 0.29) is 29.1 Å². The van der Waals surface area contributed by atoms with Crippen molar-refractivity contribution in [2.45, 2.75) is 115 Å². The highest BCUT2D eigenvalue weighted by molar-refractivity contribution is 7.86. The Labute approximate surface area is 361 Å². The maximum absolute atomic E-state index is 12.2. The third kappa shape index (κ3) is 11.6. The number of nitrogens with zero attached hydrogens (tertiary/aromatic N) is 4. The number of rotatable bonds is 17. The summed E-state index contributed by atoms with van der Waals surface area (Å²) in [4.78, 5) is 44.7. The Bertz CT molecular complexity index is 2330. The number of allylic oxidation sites excluding steroid dienone is 8. The first kappa shape index (κ1) is 48.9. The number of hydroxylamine groups is 2. The van der Waals surface area contributed by atoms with E-state index in [9.17, 15) is 40.3 Å². The van der Waals surface area contributed by atoms with E-state index in [0.29, 0.717) is 37.4 Å². The summed E-state index contributed by atoms with van der Waals surface area (Å²) in [6.45, 7) is 21.2. The fraction of sp³-hybridized carbons (Fsp3) is 0.467. The SMILES string of the molecule is CCN(CC)CC.CCN1C(=CC=CC=CC=CC2=[N+](CCCCCC(=O)ON3C(=O)CCC3=O)c3ccc(S(=O)(=O)O)cc3C2(C)C)C(C)(C)c2cc(S(=O)(=O)[O-])ccc21. The van der Waals surface area contributed by atoms with Crippen LogP contribution in [-0.4, -0.2) is 96.7 Å². The lowest BCUT2D eigenvalue weighted by molar-refractivity contribution is -0.438. The summed E-state index contributed by atoms with van der Waals surface area (Å²) in [5.41, 5.74) is 3.83. The molecule has 2 aromatic rings. The highest BCUT2D eigenvalue weighted by Crippen LogP contribution is 2.48. The van der Waals surface area contributed by atoms with Gasteiger partial charge in [-0.05, 0) is 95.2 Å². The van der Waals surface area contributed by atoms with E-state index in [0.717, 1.165) is 33.9 Å². The first-order chi connectivity index (χ1) is 28.6. The highest BCUT2D eigenvalue weighted by Gasteiger charge is 2.45. The smallest absolute Gasteiger partial charge is 0.333 e. The van der Waals surface area contributed by atoms with E-state index in [4.69, 9.17) is 4.84 Å². The fourth-order valence-corrected chi connectivity index (χ4v) is 8.89. The Morgan fingerprint density at radius 1 is 0.820 bits per heavy atom. The standard InChI is InChI=1S/C39H45N3O10S2.C6H15N/c1-6-40-31-20-18-27(53(46,47)48)25-29(31)38(2,3)33(40)15-11-8-7-9-12-16-34-39(4,5)30-26-28(54(49,50)51)19-21-32(30)41(34)24-14-10-13-17-37(45)52-42-35(43)22-23-36(42)44;1-4-7(5-2)6-3/h7-9,11-12,15-16,18-21,25-26H,6,10,13-14,17,22-24H2,1-5H3,(H-,46,47,48,49,50,51);4-6H2,1-3H3. The van der Waals surface area contributed by atoms with Gasteiger partial charge in [-0.3, -0.25) is 14.1 Å². The van der Waals surface area contributed by atoms with Crippen LogP contribution in [0.2, 0.25) is 0 Å². The first-order valence-corrected chi connectivity index (χ1v) is 23.6. The summed E-state index contributed by atoms with van der Waals surface area (Å²) >= 11 is 0. The molecule has 0 spiro atoms. The van der Waals surface area contributed by atoms with Crippen molar-refractivity contribution in [3.05, 3.63) is 95.8 Å². The van der Waals surface area contributed by atoms with Crippen molar-refractivity contribution in [2.24, 2.45) is 0 Å². The largest absolute Gasteiger partial charge is 0.744 e. The Morgan fingerprint density at radius 2 is 1.41 bits per heavy atom. The molecule has 0 aromatic heterocycles. The normalized spacial score (nSPS) is 18.0. The van der Waals surface area contributed by atoms with Gasteiger partial charge in [0.05, 0.1) is 15.2 Å². The fourth-order valence-electron chi connectivity index (χ4n) is 7.88. The Hall–Kier alpha value is -4.74. The summed E-state index contributed by atoms with van der Waals surface area (Å²) in [5.74, 6) is -1.70. The Morgan fingerprint density at radius 3 is 1.98 bits per heavy atom. The van der Waals surface area contributed by atoms with Gasteiger partial charge in [0.15, 0.2) is 5.71 Å². The van der Waals surface area contributed by atoms with E-state index in [1.54, 1.807) is 12.1 Å². The summed E-state index contributed by atoms with van der Waals surface area (Å²) in [6.07, 6.45) is 15.2. The molecule has 0 bridgehead atoms. The number of anilines is 1. The van der Waals surface area contributed by atoms with Crippen molar-refractivity contribution in [3.8, 4) is 0 Å². The van der Waals surface area contributed by atoms with Gasteiger partial charge in [-0.15, -0.1) is 5.06 Å². The van der Waals surface area contributed by atoms with Gasteiger partial charge in [0, 0.05) is 66.7 Å². The number of fused-ring (bicyclic) bond motifs is 2. The third-order valence-corrected chi connectivity index (χ3v) is 13.1. The molecule has 3 heterocycles. The topological polar surface area (TPSA) is 185 Å². The van der Waals surface area contributed by atoms with Crippen molar-refractivity contribution < 1.29 is 49.7 Å². The number of hydrogen-bond acceptors (Lipinski definition) is 11. The van der Waals surface area contributed by atoms with Gasteiger partial charge in [-0.25, -0.2) is 13.2 Å². The average Bonchev–Trinajstić information content (AvgIpc) is 3.71. The second-order valence-corrected chi connectivity index (χ2v) is 18.8. The molecular weight excluding hydrogens is 821 g/mol. The van der Waals surface area contributed by atoms with Crippen LogP contribution in [0.25, 0.3) is 0 Å². The number of imide groups is 1. The van der Waals surface area contributed by atoms with Gasteiger partial charge in [-0.2, -0.15) is 13.0 Å². The molecule has 5 rings (SSSR count). The van der Waals surface area contributed by atoms with Crippen LogP contribution in [0.5, 0.6) is 0 Å². The van der Waals surface area contributed by atoms with Crippen LogP contribution in [0.3, 0.4) is 0 Å². The molecule has 0 saturated carbocycles. The second kappa shape index (κ2) is 20.4. The molecule has 1 N–H and O–H groups in total. The van der Waals surface area contributed by atoms with Crippen LogP contribution < -0.4 is 4.90 Å². The molecule has 16 heteroatoms. The van der Waals surface area contributed by atoms with Crippen molar-refractivity contribution in [1.29, 1.82) is 0 Å². The number of unbranched alkanes of at least 4 members (excludes halogenated alkanes) is 2. The van der Waals surface area contributed by atoms with Gasteiger partial charge >= 0.3 is 5.97 Å². The number of carbonyl (C=O) groups excluding carboxylic acids is 3. The molecule has 2 aromatic carbocycles. The summed E-state index contributed by atoms with van der Waals surface area (Å²) < 4.78 is 70.9. The summed E-state index contributed by atoms with van der Waals surface area (Å²) in [5, 5.41) is 0.543. The minimum atomic E-state index is -4.59. The predicted octanol–water partition coefficient (Wildman–Crippen LogP) is 7.10. The zero-order valence-electron chi connectivity index (χ0n) is 36.5. The highest BCUT2D eigenvalue weighted by atomic mass is 32.2. The molecule has 1 fully saturated rings. The number of hydrogen-bond donors (Lipinski definition) is 1. The maximum atomic E-state index is 12.2. The number of amides is 2. The lowest BCUT2D eigenvalue weighted by atomic mass is 9.81. The molecule has 14 nitrogen and oxygen atoms in total. The molecule has 2 amide bonds. The summed E-state index contributed by atoms with van der Waals surface area (Å²) in [7, 11) is -9.02. The van der Waals surface area contributed by atoms with Gasteiger partial charge in [0.25, 0.3) is 21.9 Å². The molecule has 0 unspecified atom stereocenters. The van der Waals surface area contributed by atoms with Gasteiger partial charge in [0.1, 0.15) is 16.7 Å². The Kier molecular flexibility index (Phi) is 16.4. The third-order valence-electron chi connectivity index (χ3n) is 11.4. The first-order valence-electron chi connectivity index (χ1n) is 20.8. The van der Waals surface area contributed by atoms with Crippen molar-refractivity contribution in [3.63, 3.8) is 0 Å². The summed E-state index contributed by atoms with van der Waals surface area (Å²) in [6, 6.07) is 9.02. The van der Waals surface area contributed by atoms with Crippen LogP contribution in [0.15, 0.2) is 94.4 Å². The lowest BCUT2D eigenvalue weighted by Crippen LogP contribution is -2.31. The number of likely N-dealkylation sites (N-methyl/N-ethyl adjacent to an activating group) is 1. The maximum Gasteiger partial charge on any atom is 0.333 e. The van der Waals surface area contributed by atoms with Crippen molar-refractivity contribution in [2.75, 3.05) is 37.6 Å². The molecule has 0 aliphatic carbocycles. The molecule has 61 heavy (non-hydrogen) atoms. The van der Waals surface area contributed by atoms with E-state index in [2.05, 4.69) is 35.1 Å². The van der Waals surface area contributed by atoms with E-state index >= 15 is 0 Å². The second-order valence-electron chi connectivity index (χ2n) is 16.0.